The predicted octanol–water partition coefficient (Wildman–Crippen LogP) is 3.29. The van der Waals surface area contributed by atoms with Gasteiger partial charge in [-0.2, -0.15) is 0 Å². The van der Waals surface area contributed by atoms with E-state index in [1.807, 2.05) is 30.3 Å². The summed E-state index contributed by atoms with van der Waals surface area (Å²) in [6.45, 7) is 0. The number of nitrogens with two attached hydrogens (primary N) is 2. The van der Waals surface area contributed by atoms with Crippen LogP contribution in [0.2, 0.25) is 0 Å². The number of aromatic nitrogens is 1. The molecule has 0 aliphatic carbocycles. The Morgan fingerprint density at radius 1 is 0.675 bits per heavy atom. The zero-order chi connectivity index (χ0) is 27.6. The Bertz CT molecular complexity index is 1780. The van der Waals surface area contributed by atoms with E-state index < -0.39 is 7.92 Å². The third-order valence-corrected chi connectivity index (χ3v) is 9.54. The van der Waals surface area contributed by atoms with Crippen LogP contribution in [0.3, 0.4) is 0 Å². The first kappa shape index (κ1) is 25.4. The van der Waals surface area contributed by atoms with E-state index in [0.29, 0.717) is 11.4 Å². The Hall–Kier alpha value is -4.83. The molecular formula is C34H30N5P+2. The molecule has 0 unspecified atom stereocenters. The molecule has 40 heavy (non-hydrogen) atoms. The molecule has 1 heterocycles. The third-order valence-electron chi connectivity index (χ3n) is 7.10. The van der Waals surface area contributed by atoms with Gasteiger partial charge in [0.25, 0.3) is 0 Å². The summed E-state index contributed by atoms with van der Waals surface area (Å²) in [5.41, 5.74) is 16.5. The van der Waals surface area contributed by atoms with Crippen molar-refractivity contribution in [3.8, 4) is 22.4 Å². The van der Waals surface area contributed by atoms with Crippen LogP contribution in [0.5, 0.6) is 0 Å². The van der Waals surface area contributed by atoms with Crippen LogP contribution in [-0.4, -0.2) is 16.7 Å². The quantitative estimate of drug-likeness (QED) is 0.119. The van der Waals surface area contributed by atoms with Gasteiger partial charge in [0.15, 0.2) is 0 Å². The van der Waals surface area contributed by atoms with Gasteiger partial charge in [-0.25, -0.2) is 5.41 Å². The molecule has 0 spiro atoms. The number of aromatic amines is 1. The average molecular weight is 540 g/mol. The second kappa shape index (κ2) is 10.7. The van der Waals surface area contributed by atoms with Gasteiger partial charge in [-0.1, -0.05) is 109 Å². The number of benzene rings is 5. The van der Waals surface area contributed by atoms with Crippen molar-refractivity contribution in [1.82, 2.24) is 4.98 Å². The fourth-order valence-electron chi connectivity index (χ4n) is 5.11. The summed E-state index contributed by atoms with van der Waals surface area (Å²) in [5.74, 6) is 0.586. The van der Waals surface area contributed by atoms with E-state index >= 15 is 0 Å². The maximum absolute atomic E-state index is 7.91. The number of amidine groups is 2. The normalized spacial score (nSPS) is 11.2. The van der Waals surface area contributed by atoms with Gasteiger partial charge >= 0.3 is 5.84 Å². The van der Waals surface area contributed by atoms with E-state index in [2.05, 4.69) is 108 Å². The second-order valence-electron chi connectivity index (χ2n) is 9.71. The molecule has 0 bridgehead atoms. The molecule has 0 aliphatic heterocycles. The molecule has 0 atom stereocenters. The van der Waals surface area contributed by atoms with Gasteiger partial charge < -0.3 is 10.7 Å². The van der Waals surface area contributed by atoms with Crippen LogP contribution in [0.4, 0.5) is 0 Å². The summed E-state index contributed by atoms with van der Waals surface area (Å²) >= 11 is 0. The second-order valence-corrected chi connectivity index (χ2v) is 11.9. The third kappa shape index (κ3) is 4.85. The van der Waals surface area contributed by atoms with E-state index in [1.165, 1.54) is 15.9 Å². The highest BCUT2D eigenvalue weighted by Gasteiger charge is 2.19. The molecule has 194 valence electrons. The van der Waals surface area contributed by atoms with Crippen molar-refractivity contribution in [2.45, 2.75) is 0 Å². The maximum atomic E-state index is 7.91. The summed E-state index contributed by atoms with van der Waals surface area (Å²) in [5, 5.41) is 18.8. The molecule has 0 amide bonds. The van der Waals surface area contributed by atoms with Crippen molar-refractivity contribution in [2.24, 2.45) is 5.73 Å². The number of H-pyrrole nitrogens is 1. The molecule has 9 N–H and O–H groups in total. The highest BCUT2D eigenvalue weighted by Crippen LogP contribution is 2.40. The van der Waals surface area contributed by atoms with E-state index in [-0.39, 0.29) is 5.84 Å². The Kier molecular flexibility index (Phi) is 6.83. The number of rotatable bonds is 7. The van der Waals surface area contributed by atoms with Crippen LogP contribution in [0.1, 0.15) is 11.1 Å². The van der Waals surface area contributed by atoms with Crippen molar-refractivity contribution in [3.63, 3.8) is 0 Å². The van der Waals surface area contributed by atoms with Gasteiger partial charge in [0, 0.05) is 22.0 Å². The van der Waals surface area contributed by atoms with Gasteiger partial charge in [-0.05, 0) is 53.2 Å². The summed E-state index contributed by atoms with van der Waals surface area (Å²) in [6.07, 6.45) is 0. The Balaban J connectivity index is 1.49. The monoisotopic (exact) mass is 539 g/mol. The minimum Gasteiger partial charge on any atom is -0.384 e. The Morgan fingerprint density at radius 3 is 1.75 bits per heavy atom. The highest BCUT2D eigenvalue weighted by atomic mass is 31.1. The molecule has 0 radical (unpaired) electrons. The van der Waals surface area contributed by atoms with Crippen LogP contribution in [0.25, 0.3) is 33.3 Å². The number of nitrogen functional groups attached to an aromatic ring is 1. The first-order valence-corrected chi connectivity index (χ1v) is 14.4. The smallest absolute Gasteiger partial charge is 0.362 e. The lowest BCUT2D eigenvalue weighted by atomic mass is 9.97. The predicted molar refractivity (Wildman–Crippen MR) is 168 cm³/mol. The van der Waals surface area contributed by atoms with E-state index in [1.54, 1.807) is 0 Å². The lowest BCUT2D eigenvalue weighted by molar-refractivity contribution is -0.298. The van der Waals surface area contributed by atoms with Crippen LogP contribution in [-0.2, 0) is 0 Å². The fourth-order valence-corrected chi connectivity index (χ4v) is 7.39. The van der Waals surface area contributed by atoms with Crippen LogP contribution < -0.4 is 32.8 Å². The SMILES string of the molecule is N=C(N)c1ccc2c(-c3ccc(P(c4ccccc4)c4ccccc4)cc3)c(-c3ccc(C(=[NH2+])[NH3+])cc3)[nH]c2c1. The Morgan fingerprint density at radius 2 is 1.20 bits per heavy atom. The zero-order valence-corrected chi connectivity index (χ0v) is 22.8. The van der Waals surface area contributed by atoms with Crippen molar-refractivity contribution < 1.29 is 11.1 Å². The van der Waals surface area contributed by atoms with Crippen molar-refractivity contribution in [2.75, 3.05) is 0 Å². The van der Waals surface area contributed by atoms with Crippen LogP contribution in [0.15, 0.2) is 127 Å². The van der Waals surface area contributed by atoms with E-state index in [4.69, 9.17) is 16.6 Å². The van der Waals surface area contributed by atoms with Gasteiger partial charge in [0.05, 0.1) is 5.69 Å². The first-order chi connectivity index (χ1) is 19.5. The maximum Gasteiger partial charge on any atom is 0.362 e. The summed E-state index contributed by atoms with van der Waals surface area (Å²) in [4.78, 5) is 3.61. The van der Waals surface area contributed by atoms with Crippen LogP contribution in [0, 0.1) is 5.41 Å². The van der Waals surface area contributed by atoms with E-state index in [9.17, 15) is 0 Å². The van der Waals surface area contributed by atoms with Crippen LogP contribution >= 0.6 is 7.92 Å². The number of quaternary nitrogens is 1. The number of hydrogen-bond acceptors (Lipinski definition) is 1. The molecule has 0 fully saturated rings. The number of nitrogens with one attached hydrogen (secondary N) is 2. The van der Waals surface area contributed by atoms with Gasteiger partial charge in [0.2, 0.25) is 0 Å². The Labute approximate surface area is 234 Å². The molecule has 6 rings (SSSR count). The zero-order valence-electron chi connectivity index (χ0n) is 21.9. The molecule has 0 saturated heterocycles. The minimum atomic E-state index is -0.689. The lowest BCUT2D eigenvalue weighted by Gasteiger charge is -2.19. The number of hydrogen-bond donors (Lipinski definition) is 5. The summed E-state index contributed by atoms with van der Waals surface area (Å²) in [7, 11) is -0.689. The molecule has 6 heteroatoms. The number of fused-ring (bicyclic) bond motifs is 1. The fraction of sp³-hybridized carbons (Fsp3) is 0. The molecule has 5 aromatic carbocycles. The van der Waals surface area contributed by atoms with Gasteiger partial charge in [-0.15, -0.1) is 0 Å². The van der Waals surface area contributed by atoms with E-state index in [0.717, 1.165) is 38.9 Å². The summed E-state index contributed by atoms with van der Waals surface area (Å²) < 4.78 is 0. The lowest BCUT2D eigenvalue weighted by Crippen LogP contribution is -2.70. The van der Waals surface area contributed by atoms with Gasteiger partial charge in [-0.3, -0.25) is 11.1 Å². The van der Waals surface area contributed by atoms with Crippen molar-refractivity contribution in [3.05, 3.63) is 139 Å². The molecule has 0 aliphatic rings. The first-order valence-electron chi connectivity index (χ1n) is 13.1. The topological polar surface area (TPSA) is 119 Å². The molecule has 1 aromatic heterocycles. The minimum absolute atomic E-state index is 0.0462. The average Bonchev–Trinajstić information content (AvgIpc) is 3.38. The van der Waals surface area contributed by atoms with Crippen molar-refractivity contribution in [1.29, 1.82) is 5.41 Å². The molecular weight excluding hydrogens is 509 g/mol. The van der Waals surface area contributed by atoms with Crippen molar-refractivity contribution >= 4 is 46.4 Å². The highest BCUT2D eigenvalue weighted by molar-refractivity contribution is 7.79. The van der Waals surface area contributed by atoms with Gasteiger partial charge in [0.1, 0.15) is 11.4 Å². The molecule has 0 saturated carbocycles. The molecule has 5 nitrogen and oxygen atoms in total. The standard InChI is InChI=1S/C34H28N5P/c35-33(36)24-13-11-23(12-14-24)32-31(29-20-17-25(34(37)38)21-30(29)39-32)22-15-18-28(19-16-22)40(26-7-3-1-4-8-26)27-9-5-2-6-10-27/h1-21,39H,(H3,35,36)(H3,37,38)/p+2. The summed E-state index contributed by atoms with van der Waals surface area (Å²) in [6, 6.07) is 44.4. The molecule has 6 aromatic rings. The largest absolute Gasteiger partial charge is 0.384 e.